The van der Waals surface area contributed by atoms with Crippen LogP contribution in [-0.4, -0.2) is 18.8 Å². The molecule has 0 spiro atoms. The van der Waals surface area contributed by atoms with Crippen LogP contribution in [0.25, 0.3) is 0 Å². The number of nitrogens with two attached hydrogens (primary N) is 1. The summed E-state index contributed by atoms with van der Waals surface area (Å²) in [7, 11) is 0. The summed E-state index contributed by atoms with van der Waals surface area (Å²) in [5.74, 6) is 5.56. The first-order valence-corrected chi connectivity index (χ1v) is 7.88. The SMILES string of the molecule is CC(C)(c1ccc(F)cc1)C(CCCC1CCCO1)NN. The van der Waals surface area contributed by atoms with Crippen LogP contribution in [0.1, 0.15) is 51.5 Å². The molecule has 0 radical (unpaired) electrons. The van der Waals surface area contributed by atoms with Crippen molar-refractivity contribution in [2.75, 3.05) is 6.61 Å². The van der Waals surface area contributed by atoms with Crippen molar-refractivity contribution in [3.05, 3.63) is 35.6 Å². The number of benzene rings is 1. The maximum absolute atomic E-state index is 13.1. The zero-order valence-corrected chi connectivity index (χ0v) is 13.1. The number of nitrogens with one attached hydrogen (secondary N) is 1. The Bertz CT molecular complexity index is 427. The molecule has 2 rings (SSSR count). The third-order valence-corrected chi connectivity index (χ3v) is 4.70. The largest absolute Gasteiger partial charge is 0.378 e. The monoisotopic (exact) mass is 294 g/mol. The Labute approximate surface area is 127 Å². The van der Waals surface area contributed by atoms with Gasteiger partial charge >= 0.3 is 0 Å². The number of halogens is 1. The molecule has 0 aromatic heterocycles. The highest BCUT2D eigenvalue weighted by molar-refractivity contribution is 5.26. The Balaban J connectivity index is 1.92. The Morgan fingerprint density at radius 3 is 2.67 bits per heavy atom. The van der Waals surface area contributed by atoms with Gasteiger partial charge in [-0.3, -0.25) is 11.3 Å². The van der Waals surface area contributed by atoms with E-state index in [-0.39, 0.29) is 17.3 Å². The van der Waals surface area contributed by atoms with Crippen molar-refractivity contribution in [1.82, 2.24) is 5.43 Å². The molecule has 4 heteroatoms. The van der Waals surface area contributed by atoms with Gasteiger partial charge in [-0.15, -0.1) is 0 Å². The molecule has 1 heterocycles. The second kappa shape index (κ2) is 7.34. The number of hydrogen-bond donors (Lipinski definition) is 2. The van der Waals surface area contributed by atoms with Gasteiger partial charge < -0.3 is 4.74 Å². The highest BCUT2D eigenvalue weighted by atomic mass is 19.1. The molecule has 1 fully saturated rings. The molecule has 0 amide bonds. The lowest BCUT2D eigenvalue weighted by atomic mass is 9.76. The molecule has 1 saturated heterocycles. The molecule has 21 heavy (non-hydrogen) atoms. The third kappa shape index (κ3) is 4.25. The van der Waals surface area contributed by atoms with Crippen molar-refractivity contribution >= 4 is 0 Å². The van der Waals surface area contributed by atoms with Crippen molar-refractivity contribution in [3.8, 4) is 0 Å². The van der Waals surface area contributed by atoms with Crippen LogP contribution in [0.4, 0.5) is 4.39 Å². The fraction of sp³-hybridized carbons (Fsp3) is 0.647. The number of rotatable bonds is 7. The summed E-state index contributed by atoms with van der Waals surface area (Å²) in [4.78, 5) is 0. The zero-order valence-electron chi connectivity index (χ0n) is 13.1. The molecule has 0 saturated carbocycles. The Kier molecular flexibility index (Phi) is 5.73. The molecule has 2 atom stereocenters. The summed E-state index contributed by atoms with van der Waals surface area (Å²) in [5.41, 5.74) is 3.91. The van der Waals surface area contributed by atoms with Gasteiger partial charge in [0.15, 0.2) is 0 Å². The third-order valence-electron chi connectivity index (χ3n) is 4.70. The molecule has 3 nitrogen and oxygen atoms in total. The topological polar surface area (TPSA) is 47.3 Å². The van der Waals surface area contributed by atoms with Crippen LogP contribution in [0.2, 0.25) is 0 Å². The summed E-state index contributed by atoms with van der Waals surface area (Å²) < 4.78 is 18.7. The molecule has 118 valence electrons. The van der Waals surface area contributed by atoms with Gasteiger partial charge in [-0.25, -0.2) is 4.39 Å². The second-order valence-corrected chi connectivity index (χ2v) is 6.51. The van der Waals surface area contributed by atoms with E-state index in [1.807, 2.05) is 12.1 Å². The van der Waals surface area contributed by atoms with Crippen molar-refractivity contribution in [2.45, 2.75) is 63.5 Å². The van der Waals surface area contributed by atoms with E-state index in [9.17, 15) is 4.39 Å². The zero-order chi connectivity index (χ0) is 15.3. The molecular formula is C17H27FN2O. The van der Waals surface area contributed by atoms with E-state index in [4.69, 9.17) is 10.6 Å². The minimum absolute atomic E-state index is 0.140. The first-order chi connectivity index (χ1) is 10.0. The second-order valence-electron chi connectivity index (χ2n) is 6.51. The molecule has 0 bridgehead atoms. The van der Waals surface area contributed by atoms with Crippen LogP contribution >= 0.6 is 0 Å². The molecule has 1 aliphatic heterocycles. The summed E-state index contributed by atoms with van der Waals surface area (Å²) >= 11 is 0. The van der Waals surface area contributed by atoms with Crippen LogP contribution in [-0.2, 0) is 10.2 Å². The van der Waals surface area contributed by atoms with Gasteiger partial charge in [-0.05, 0) is 49.8 Å². The van der Waals surface area contributed by atoms with Crippen LogP contribution in [0, 0.1) is 5.82 Å². The maximum atomic E-state index is 13.1. The van der Waals surface area contributed by atoms with Crippen molar-refractivity contribution in [1.29, 1.82) is 0 Å². The molecule has 1 aromatic carbocycles. The molecular weight excluding hydrogens is 267 g/mol. The average molecular weight is 294 g/mol. The van der Waals surface area contributed by atoms with E-state index in [1.165, 1.54) is 25.0 Å². The van der Waals surface area contributed by atoms with Crippen molar-refractivity contribution in [2.24, 2.45) is 5.84 Å². The van der Waals surface area contributed by atoms with Gasteiger partial charge in [-0.1, -0.05) is 26.0 Å². The predicted octanol–water partition coefficient (Wildman–Crippen LogP) is 3.28. The Hall–Kier alpha value is -0.970. The van der Waals surface area contributed by atoms with Crippen LogP contribution in [0.3, 0.4) is 0 Å². The quantitative estimate of drug-likeness (QED) is 0.599. The van der Waals surface area contributed by atoms with Crippen LogP contribution in [0.5, 0.6) is 0 Å². The van der Waals surface area contributed by atoms with E-state index in [1.54, 1.807) is 0 Å². The van der Waals surface area contributed by atoms with E-state index in [2.05, 4.69) is 19.3 Å². The van der Waals surface area contributed by atoms with Crippen LogP contribution < -0.4 is 11.3 Å². The van der Waals surface area contributed by atoms with Crippen molar-refractivity contribution < 1.29 is 9.13 Å². The molecule has 0 aliphatic carbocycles. The normalized spacial score (nSPS) is 20.7. The molecule has 3 N–H and O–H groups in total. The van der Waals surface area contributed by atoms with Gasteiger partial charge in [0, 0.05) is 18.1 Å². The highest BCUT2D eigenvalue weighted by Crippen LogP contribution is 2.30. The average Bonchev–Trinajstić information content (AvgIpc) is 2.97. The van der Waals surface area contributed by atoms with Gasteiger partial charge in [0.2, 0.25) is 0 Å². The van der Waals surface area contributed by atoms with E-state index < -0.39 is 0 Å². The Morgan fingerprint density at radius 1 is 1.38 bits per heavy atom. The first-order valence-electron chi connectivity index (χ1n) is 7.88. The minimum atomic E-state index is -0.204. The highest BCUT2D eigenvalue weighted by Gasteiger charge is 2.30. The van der Waals surface area contributed by atoms with Crippen LogP contribution in [0.15, 0.2) is 24.3 Å². The summed E-state index contributed by atoms with van der Waals surface area (Å²) in [6.45, 7) is 5.21. The van der Waals surface area contributed by atoms with Gasteiger partial charge in [0.05, 0.1) is 6.10 Å². The van der Waals surface area contributed by atoms with E-state index in [0.717, 1.165) is 31.4 Å². The van der Waals surface area contributed by atoms with E-state index >= 15 is 0 Å². The van der Waals surface area contributed by atoms with Gasteiger partial charge in [-0.2, -0.15) is 0 Å². The van der Waals surface area contributed by atoms with Gasteiger partial charge in [0.1, 0.15) is 5.82 Å². The lowest BCUT2D eigenvalue weighted by Gasteiger charge is -2.35. The fourth-order valence-corrected chi connectivity index (χ4v) is 3.15. The Morgan fingerprint density at radius 2 is 2.10 bits per heavy atom. The smallest absolute Gasteiger partial charge is 0.123 e. The summed E-state index contributed by atoms with van der Waals surface area (Å²) in [6.07, 6.45) is 5.96. The summed E-state index contributed by atoms with van der Waals surface area (Å²) in [6, 6.07) is 6.87. The molecule has 1 aromatic rings. The molecule has 1 aliphatic rings. The molecule has 2 unspecified atom stereocenters. The lowest BCUT2D eigenvalue weighted by Crippen LogP contribution is -2.48. The van der Waals surface area contributed by atoms with E-state index in [0.29, 0.717) is 6.10 Å². The number of hydrazine groups is 1. The van der Waals surface area contributed by atoms with Gasteiger partial charge in [0.25, 0.3) is 0 Å². The number of hydrogen-bond acceptors (Lipinski definition) is 3. The maximum Gasteiger partial charge on any atom is 0.123 e. The summed E-state index contributed by atoms with van der Waals surface area (Å²) in [5, 5.41) is 0. The standard InChI is InChI=1S/C17H27FN2O/c1-17(2,13-8-10-14(18)11-9-13)16(20-19)7-3-5-15-6-4-12-21-15/h8-11,15-16,20H,3-7,12,19H2,1-2H3. The fourth-order valence-electron chi connectivity index (χ4n) is 3.15. The predicted molar refractivity (Wildman–Crippen MR) is 83.4 cm³/mol. The first kappa shape index (κ1) is 16.4. The van der Waals surface area contributed by atoms with Crippen molar-refractivity contribution in [3.63, 3.8) is 0 Å². The lowest BCUT2D eigenvalue weighted by molar-refractivity contribution is 0.100. The minimum Gasteiger partial charge on any atom is -0.378 e. The number of ether oxygens (including phenoxy) is 1.